The molecule has 0 aromatic rings. The topological polar surface area (TPSA) is 40.6 Å². The van der Waals surface area contributed by atoms with Crippen molar-refractivity contribution >= 4 is 11.8 Å². The molecule has 2 amide bonds. The molecule has 0 rings (SSSR count). The zero-order valence-electron chi connectivity index (χ0n) is 18.7. The first kappa shape index (κ1) is 25.9. The van der Waals surface area contributed by atoms with E-state index in [1.807, 2.05) is 23.9 Å². The third kappa shape index (κ3) is 15.7. The van der Waals surface area contributed by atoms with Gasteiger partial charge in [0.1, 0.15) is 0 Å². The zero-order chi connectivity index (χ0) is 20.3. The fourth-order valence-corrected chi connectivity index (χ4v) is 3.27. The van der Waals surface area contributed by atoms with E-state index in [0.717, 1.165) is 58.0 Å². The molecule has 4 nitrogen and oxygen atoms in total. The highest BCUT2D eigenvalue weighted by molar-refractivity contribution is 5.76. The predicted octanol–water partition coefficient (Wildman–Crippen LogP) is 5.79. The van der Waals surface area contributed by atoms with Gasteiger partial charge in [0, 0.05) is 40.0 Å². The van der Waals surface area contributed by atoms with E-state index in [-0.39, 0.29) is 11.8 Å². The molecule has 0 saturated carbocycles. The van der Waals surface area contributed by atoms with E-state index in [2.05, 4.69) is 13.8 Å². The number of hydrogen-bond donors (Lipinski definition) is 0. The second kappa shape index (κ2) is 18.3. The van der Waals surface area contributed by atoms with Gasteiger partial charge in [-0.15, -0.1) is 0 Å². The number of amides is 2. The van der Waals surface area contributed by atoms with Gasteiger partial charge in [0.05, 0.1) is 0 Å². The minimum absolute atomic E-state index is 0.284. The van der Waals surface area contributed by atoms with Gasteiger partial charge >= 0.3 is 0 Å². The van der Waals surface area contributed by atoms with Crippen molar-refractivity contribution in [2.24, 2.45) is 0 Å². The van der Waals surface area contributed by atoms with Gasteiger partial charge in [-0.05, 0) is 25.7 Å². The van der Waals surface area contributed by atoms with Crippen LogP contribution in [0.25, 0.3) is 0 Å². The van der Waals surface area contributed by atoms with Gasteiger partial charge < -0.3 is 9.80 Å². The Kier molecular flexibility index (Phi) is 17.6. The lowest BCUT2D eigenvalue weighted by molar-refractivity contribution is -0.130. The van der Waals surface area contributed by atoms with Crippen LogP contribution in [0.1, 0.15) is 110 Å². The molecule has 0 unspecified atom stereocenters. The summed E-state index contributed by atoms with van der Waals surface area (Å²) in [5.41, 5.74) is 0. The Balaban J connectivity index is 3.54. The molecule has 0 spiro atoms. The number of unbranched alkanes of at least 4 members (excludes halogenated alkanes) is 10. The minimum Gasteiger partial charge on any atom is -0.346 e. The Hall–Kier alpha value is -1.06. The maximum atomic E-state index is 12.1. The van der Waals surface area contributed by atoms with Gasteiger partial charge in [0.2, 0.25) is 11.8 Å². The fraction of sp³-hybridized carbons (Fsp3) is 0.913. The Labute approximate surface area is 169 Å². The third-order valence-electron chi connectivity index (χ3n) is 5.33. The Morgan fingerprint density at radius 2 is 0.852 bits per heavy atom. The Bertz CT molecular complexity index is 337. The van der Waals surface area contributed by atoms with E-state index in [1.165, 1.54) is 38.5 Å². The van der Waals surface area contributed by atoms with Gasteiger partial charge in [-0.2, -0.15) is 0 Å². The third-order valence-corrected chi connectivity index (χ3v) is 5.33. The van der Waals surface area contributed by atoms with Crippen LogP contribution in [0.5, 0.6) is 0 Å². The van der Waals surface area contributed by atoms with Crippen LogP contribution in [0, 0.1) is 0 Å². The molecule has 0 heterocycles. The van der Waals surface area contributed by atoms with Crippen LogP contribution in [0.15, 0.2) is 0 Å². The molecule has 4 heteroatoms. The SMILES string of the molecule is CCCCCCN(C)C(=O)CCCCCCCC(=O)N(C)CCCCCC. The van der Waals surface area contributed by atoms with Gasteiger partial charge in [-0.3, -0.25) is 9.59 Å². The van der Waals surface area contributed by atoms with Crippen molar-refractivity contribution in [3.05, 3.63) is 0 Å². The number of carbonyl (C=O) groups is 2. The van der Waals surface area contributed by atoms with Crippen LogP contribution in [-0.4, -0.2) is 48.8 Å². The molecule has 0 saturated heterocycles. The predicted molar refractivity (Wildman–Crippen MR) is 116 cm³/mol. The Morgan fingerprint density at radius 1 is 0.519 bits per heavy atom. The zero-order valence-corrected chi connectivity index (χ0v) is 18.7. The van der Waals surface area contributed by atoms with Gasteiger partial charge in [0.15, 0.2) is 0 Å². The van der Waals surface area contributed by atoms with Crippen LogP contribution >= 0.6 is 0 Å². The molecule has 0 aromatic heterocycles. The summed E-state index contributed by atoms with van der Waals surface area (Å²) in [6.07, 6.45) is 16.3. The molecular formula is C23H46N2O2. The second-order valence-corrected chi connectivity index (χ2v) is 8.02. The van der Waals surface area contributed by atoms with E-state index in [1.54, 1.807) is 0 Å². The lowest BCUT2D eigenvalue weighted by Crippen LogP contribution is -2.27. The smallest absolute Gasteiger partial charge is 0.222 e. The summed E-state index contributed by atoms with van der Waals surface area (Å²) in [4.78, 5) is 27.9. The van der Waals surface area contributed by atoms with Gasteiger partial charge in [-0.25, -0.2) is 0 Å². The second-order valence-electron chi connectivity index (χ2n) is 8.02. The van der Waals surface area contributed by atoms with Crippen molar-refractivity contribution in [3.8, 4) is 0 Å². The standard InChI is InChI=1S/C23H46N2O2/c1-5-7-9-16-20-24(3)22(26)18-14-12-11-13-15-19-23(27)25(4)21-17-10-8-6-2/h5-21H2,1-4H3. The highest BCUT2D eigenvalue weighted by Crippen LogP contribution is 2.10. The molecule has 0 aromatic carbocycles. The largest absolute Gasteiger partial charge is 0.346 e. The molecule has 0 radical (unpaired) electrons. The molecule has 0 N–H and O–H groups in total. The number of nitrogens with zero attached hydrogens (tertiary/aromatic N) is 2. The van der Waals surface area contributed by atoms with Crippen LogP contribution in [0.3, 0.4) is 0 Å². The summed E-state index contributed by atoms with van der Waals surface area (Å²) in [5.74, 6) is 0.567. The van der Waals surface area contributed by atoms with Crippen molar-refractivity contribution in [2.75, 3.05) is 27.2 Å². The van der Waals surface area contributed by atoms with Crippen LogP contribution in [0.2, 0.25) is 0 Å². The van der Waals surface area contributed by atoms with Crippen LogP contribution in [0.4, 0.5) is 0 Å². The molecule has 27 heavy (non-hydrogen) atoms. The Morgan fingerprint density at radius 3 is 1.22 bits per heavy atom. The highest BCUT2D eigenvalue weighted by Gasteiger charge is 2.09. The summed E-state index contributed by atoms with van der Waals surface area (Å²) in [5, 5.41) is 0. The lowest BCUT2D eigenvalue weighted by Gasteiger charge is -2.17. The summed E-state index contributed by atoms with van der Waals surface area (Å²) in [6, 6.07) is 0. The van der Waals surface area contributed by atoms with Crippen molar-refractivity contribution in [2.45, 2.75) is 110 Å². The first-order valence-electron chi connectivity index (χ1n) is 11.5. The van der Waals surface area contributed by atoms with E-state index < -0.39 is 0 Å². The van der Waals surface area contributed by atoms with Crippen molar-refractivity contribution < 1.29 is 9.59 Å². The molecule has 0 aliphatic heterocycles. The van der Waals surface area contributed by atoms with Crippen LogP contribution < -0.4 is 0 Å². The molecular weight excluding hydrogens is 336 g/mol. The molecule has 0 bridgehead atoms. The van der Waals surface area contributed by atoms with E-state index in [0.29, 0.717) is 12.8 Å². The van der Waals surface area contributed by atoms with Crippen LogP contribution in [-0.2, 0) is 9.59 Å². The lowest BCUT2D eigenvalue weighted by atomic mass is 10.1. The monoisotopic (exact) mass is 382 g/mol. The first-order chi connectivity index (χ1) is 13.0. The first-order valence-corrected chi connectivity index (χ1v) is 11.5. The minimum atomic E-state index is 0.284. The maximum absolute atomic E-state index is 12.1. The molecule has 0 atom stereocenters. The number of hydrogen-bond acceptors (Lipinski definition) is 2. The highest BCUT2D eigenvalue weighted by atomic mass is 16.2. The van der Waals surface area contributed by atoms with E-state index in [9.17, 15) is 9.59 Å². The summed E-state index contributed by atoms with van der Waals surface area (Å²) in [7, 11) is 3.86. The molecule has 0 aliphatic carbocycles. The number of rotatable bonds is 18. The van der Waals surface area contributed by atoms with Crippen molar-refractivity contribution in [1.82, 2.24) is 9.80 Å². The molecule has 0 fully saturated rings. The quantitative estimate of drug-likeness (QED) is 0.281. The average Bonchev–Trinajstić information content (AvgIpc) is 2.67. The average molecular weight is 383 g/mol. The fourth-order valence-electron chi connectivity index (χ4n) is 3.27. The van der Waals surface area contributed by atoms with Gasteiger partial charge in [-0.1, -0.05) is 71.6 Å². The van der Waals surface area contributed by atoms with Crippen molar-refractivity contribution in [3.63, 3.8) is 0 Å². The van der Waals surface area contributed by atoms with E-state index in [4.69, 9.17) is 0 Å². The maximum Gasteiger partial charge on any atom is 0.222 e. The van der Waals surface area contributed by atoms with Crippen molar-refractivity contribution in [1.29, 1.82) is 0 Å². The summed E-state index contributed by atoms with van der Waals surface area (Å²) < 4.78 is 0. The van der Waals surface area contributed by atoms with E-state index >= 15 is 0 Å². The normalized spacial score (nSPS) is 10.8. The summed E-state index contributed by atoms with van der Waals surface area (Å²) >= 11 is 0. The summed E-state index contributed by atoms with van der Waals surface area (Å²) in [6.45, 7) is 6.20. The molecule has 160 valence electrons. The number of carbonyl (C=O) groups excluding carboxylic acids is 2. The molecule has 0 aliphatic rings. The van der Waals surface area contributed by atoms with Gasteiger partial charge in [0.25, 0.3) is 0 Å².